The summed E-state index contributed by atoms with van der Waals surface area (Å²) in [5.41, 5.74) is 0.411. The molecule has 0 radical (unpaired) electrons. The zero-order valence-electron chi connectivity index (χ0n) is 7.15. The van der Waals surface area contributed by atoms with Crippen LogP contribution in [0.5, 0.6) is 11.5 Å². The molecule has 1 amide bonds. The predicted octanol–water partition coefficient (Wildman–Crippen LogP) is 0.814. The zero-order chi connectivity index (χ0) is 9.42. The van der Waals surface area contributed by atoms with Gasteiger partial charge >= 0.3 is 0 Å². The number of phenols is 1. The third-order valence-corrected chi connectivity index (χ3v) is 1.97. The number of rotatable bonds is 0. The van der Waals surface area contributed by atoms with Crippen LogP contribution in [0.4, 0.5) is 0 Å². The summed E-state index contributed by atoms with van der Waals surface area (Å²) in [6, 6.07) is 4.75. The molecular weight excluding hydrogens is 170 g/mol. The molecule has 0 bridgehead atoms. The molecule has 0 unspecified atom stereocenters. The Hall–Kier alpha value is -1.71. The van der Waals surface area contributed by atoms with Crippen molar-refractivity contribution in [3.05, 3.63) is 23.8 Å². The van der Waals surface area contributed by atoms with Gasteiger partial charge in [-0.05, 0) is 12.1 Å². The molecule has 4 heteroatoms. The first-order chi connectivity index (χ1) is 6.20. The minimum Gasteiger partial charge on any atom is -0.504 e. The molecule has 0 saturated carbocycles. The molecule has 4 nitrogen and oxygen atoms in total. The number of amides is 1. The molecule has 1 heterocycles. The van der Waals surface area contributed by atoms with Crippen LogP contribution in [-0.4, -0.2) is 29.7 Å². The van der Waals surface area contributed by atoms with Crippen LogP contribution >= 0.6 is 0 Å². The topological polar surface area (TPSA) is 49.8 Å². The highest BCUT2D eigenvalue weighted by atomic mass is 16.5. The van der Waals surface area contributed by atoms with Gasteiger partial charge in [-0.3, -0.25) is 4.79 Å². The van der Waals surface area contributed by atoms with Gasteiger partial charge in [0.1, 0.15) is 0 Å². The monoisotopic (exact) mass is 179 g/mol. The molecule has 0 aromatic heterocycles. The third-order valence-electron chi connectivity index (χ3n) is 1.97. The van der Waals surface area contributed by atoms with Crippen molar-refractivity contribution in [3.8, 4) is 11.5 Å². The van der Waals surface area contributed by atoms with Gasteiger partial charge in [0.2, 0.25) is 0 Å². The number of nitrogens with zero attached hydrogens (tertiary/aromatic N) is 1. The number of aromatic hydroxyl groups is 1. The Bertz CT molecular complexity index is 362. The summed E-state index contributed by atoms with van der Waals surface area (Å²) >= 11 is 0. The first-order valence-electron chi connectivity index (χ1n) is 3.90. The Morgan fingerprint density at radius 3 is 3.08 bits per heavy atom. The summed E-state index contributed by atoms with van der Waals surface area (Å²) in [6.07, 6.45) is 0. The SMILES string of the molecule is CN1COc2c(O)cccc2C1=O. The lowest BCUT2D eigenvalue weighted by molar-refractivity contribution is 0.0587. The van der Waals surface area contributed by atoms with Gasteiger partial charge in [-0.2, -0.15) is 0 Å². The molecule has 2 rings (SSSR count). The van der Waals surface area contributed by atoms with Gasteiger partial charge in [0.05, 0.1) is 5.56 Å². The number of hydrogen-bond donors (Lipinski definition) is 1. The second-order valence-corrected chi connectivity index (χ2v) is 2.93. The normalized spacial score (nSPS) is 15.2. The summed E-state index contributed by atoms with van der Waals surface area (Å²) < 4.78 is 5.19. The van der Waals surface area contributed by atoms with Crippen LogP contribution in [0.1, 0.15) is 10.4 Å². The van der Waals surface area contributed by atoms with Crippen LogP contribution in [0, 0.1) is 0 Å². The van der Waals surface area contributed by atoms with Crippen LogP contribution in [0.15, 0.2) is 18.2 Å². The van der Waals surface area contributed by atoms with Gasteiger partial charge in [-0.25, -0.2) is 0 Å². The van der Waals surface area contributed by atoms with E-state index in [1.54, 1.807) is 19.2 Å². The van der Waals surface area contributed by atoms with Crippen molar-refractivity contribution in [2.75, 3.05) is 13.8 Å². The Morgan fingerprint density at radius 1 is 1.54 bits per heavy atom. The Kier molecular flexibility index (Phi) is 1.62. The molecule has 1 aromatic rings. The number of phenolic OH excluding ortho intramolecular Hbond substituents is 1. The number of benzene rings is 1. The van der Waals surface area contributed by atoms with Gasteiger partial charge < -0.3 is 14.7 Å². The highest BCUT2D eigenvalue weighted by Crippen LogP contribution is 2.32. The first kappa shape index (κ1) is 7.91. The summed E-state index contributed by atoms with van der Waals surface area (Å²) in [4.78, 5) is 12.9. The standard InChI is InChI=1S/C9H9NO3/c1-10-5-13-8-6(9(10)12)3-2-4-7(8)11/h2-4,11H,5H2,1H3. The van der Waals surface area contributed by atoms with E-state index in [-0.39, 0.29) is 24.1 Å². The number of para-hydroxylation sites is 1. The molecular formula is C9H9NO3. The lowest BCUT2D eigenvalue weighted by Gasteiger charge is -2.25. The largest absolute Gasteiger partial charge is 0.504 e. The minimum atomic E-state index is -0.128. The van der Waals surface area contributed by atoms with Crippen molar-refractivity contribution in [1.82, 2.24) is 4.90 Å². The lowest BCUT2D eigenvalue weighted by atomic mass is 10.1. The van der Waals surface area contributed by atoms with Gasteiger partial charge in [0.25, 0.3) is 5.91 Å². The van der Waals surface area contributed by atoms with Gasteiger partial charge in [0.15, 0.2) is 18.2 Å². The molecule has 1 aromatic carbocycles. The summed E-state index contributed by atoms with van der Waals surface area (Å²) in [6.45, 7) is 0.184. The van der Waals surface area contributed by atoms with Gasteiger partial charge in [-0.1, -0.05) is 6.07 Å². The van der Waals surface area contributed by atoms with Crippen LogP contribution in [0.3, 0.4) is 0 Å². The molecule has 0 aliphatic carbocycles. The second-order valence-electron chi connectivity index (χ2n) is 2.93. The smallest absolute Gasteiger partial charge is 0.260 e. The van der Waals surface area contributed by atoms with Crippen molar-refractivity contribution in [2.24, 2.45) is 0 Å². The van der Waals surface area contributed by atoms with E-state index in [0.717, 1.165) is 0 Å². The zero-order valence-corrected chi connectivity index (χ0v) is 7.15. The molecule has 0 spiro atoms. The molecule has 1 N–H and O–H groups in total. The summed E-state index contributed by atoms with van der Waals surface area (Å²) in [5, 5.41) is 9.36. The number of carbonyl (C=O) groups excluding carboxylic acids is 1. The van der Waals surface area contributed by atoms with E-state index in [4.69, 9.17) is 4.74 Å². The van der Waals surface area contributed by atoms with Crippen LogP contribution in [-0.2, 0) is 0 Å². The average molecular weight is 179 g/mol. The van der Waals surface area contributed by atoms with Crippen LogP contribution in [0.2, 0.25) is 0 Å². The summed E-state index contributed by atoms with van der Waals surface area (Å²) in [7, 11) is 1.65. The molecule has 1 aliphatic rings. The Labute approximate surface area is 75.3 Å². The Morgan fingerprint density at radius 2 is 2.31 bits per heavy atom. The fraction of sp³-hybridized carbons (Fsp3) is 0.222. The molecule has 13 heavy (non-hydrogen) atoms. The maximum atomic E-state index is 11.5. The van der Waals surface area contributed by atoms with Gasteiger partial charge in [-0.15, -0.1) is 0 Å². The fourth-order valence-electron chi connectivity index (χ4n) is 1.27. The maximum absolute atomic E-state index is 11.5. The van der Waals surface area contributed by atoms with Gasteiger partial charge in [0, 0.05) is 7.05 Å². The third kappa shape index (κ3) is 1.11. The van der Waals surface area contributed by atoms with E-state index in [0.29, 0.717) is 5.56 Å². The van der Waals surface area contributed by atoms with E-state index < -0.39 is 0 Å². The predicted molar refractivity (Wildman–Crippen MR) is 45.7 cm³/mol. The average Bonchev–Trinajstić information content (AvgIpc) is 2.12. The highest BCUT2D eigenvalue weighted by molar-refractivity contribution is 5.98. The highest BCUT2D eigenvalue weighted by Gasteiger charge is 2.24. The number of ether oxygens (including phenoxy) is 1. The van der Waals surface area contributed by atoms with Crippen molar-refractivity contribution in [1.29, 1.82) is 0 Å². The molecule has 0 fully saturated rings. The second kappa shape index (κ2) is 2.65. The van der Waals surface area contributed by atoms with E-state index in [1.165, 1.54) is 11.0 Å². The van der Waals surface area contributed by atoms with E-state index in [9.17, 15) is 9.90 Å². The van der Waals surface area contributed by atoms with Crippen LogP contribution in [0.25, 0.3) is 0 Å². The molecule has 0 saturated heterocycles. The van der Waals surface area contributed by atoms with Crippen molar-refractivity contribution >= 4 is 5.91 Å². The summed E-state index contributed by atoms with van der Waals surface area (Å²) in [5.74, 6) is 0.168. The van der Waals surface area contributed by atoms with E-state index >= 15 is 0 Å². The first-order valence-corrected chi connectivity index (χ1v) is 3.90. The molecule has 0 atom stereocenters. The maximum Gasteiger partial charge on any atom is 0.260 e. The van der Waals surface area contributed by atoms with Crippen molar-refractivity contribution < 1.29 is 14.6 Å². The van der Waals surface area contributed by atoms with Crippen molar-refractivity contribution in [3.63, 3.8) is 0 Å². The molecule has 68 valence electrons. The van der Waals surface area contributed by atoms with Crippen molar-refractivity contribution in [2.45, 2.75) is 0 Å². The lowest BCUT2D eigenvalue weighted by Crippen LogP contribution is -2.35. The van der Waals surface area contributed by atoms with E-state index in [1.807, 2.05) is 0 Å². The fourth-order valence-corrected chi connectivity index (χ4v) is 1.27. The quantitative estimate of drug-likeness (QED) is 0.641. The van der Waals surface area contributed by atoms with E-state index in [2.05, 4.69) is 0 Å². The number of fused-ring (bicyclic) bond motifs is 1. The molecule has 1 aliphatic heterocycles. The minimum absolute atomic E-state index is 0.0129. The van der Waals surface area contributed by atoms with Crippen LogP contribution < -0.4 is 4.74 Å². The number of carbonyl (C=O) groups is 1. The number of hydrogen-bond acceptors (Lipinski definition) is 3. The Balaban J connectivity index is 2.55.